The van der Waals surface area contributed by atoms with Crippen molar-refractivity contribution in [3.8, 4) is 0 Å². The molecule has 6 nitrogen and oxygen atoms in total. The van der Waals surface area contributed by atoms with E-state index in [1.54, 1.807) is 12.1 Å². The number of anilines is 1. The highest BCUT2D eigenvalue weighted by atomic mass is 32.2. The van der Waals surface area contributed by atoms with E-state index in [0.29, 0.717) is 5.69 Å². The zero-order valence-corrected chi connectivity index (χ0v) is 16.6. The van der Waals surface area contributed by atoms with Crippen molar-refractivity contribution in [3.63, 3.8) is 0 Å². The molecule has 0 aromatic heterocycles. The summed E-state index contributed by atoms with van der Waals surface area (Å²) in [6, 6.07) is 11.4. The average molecular weight is 389 g/mol. The number of carbonyl (C=O) groups is 2. The van der Waals surface area contributed by atoms with Crippen LogP contribution in [-0.2, 0) is 19.4 Å². The van der Waals surface area contributed by atoms with E-state index in [4.69, 9.17) is 4.74 Å². The van der Waals surface area contributed by atoms with Gasteiger partial charge in [-0.1, -0.05) is 36.8 Å². The van der Waals surface area contributed by atoms with Crippen LogP contribution >= 0.6 is 0 Å². The van der Waals surface area contributed by atoms with Crippen molar-refractivity contribution in [2.45, 2.75) is 38.7 Å². The maximum atomic E-state index is 12.4. The second-order valence-electron chi connectivity index (χ2n) is 6.25. The largest absolute Gasteiger partial charge is 0.449 e. The minimum atomic E-state index is -3.59. The van der Waals surface area contributed by atoms with E-state index in [0.717, 1.165) is 11.1 Å². The number of amides is 1. The lowest BCUT2D eigenvalue weighted by Gasteiger charge is -2.16. The van der Waals surface area contributed by atoms with Gasteiger partial charge >= 0.3 is 5.97 Å². The molecule has 0 aliphatic rings. The molecule has 7 heteroatoms. The van der Waals surface area contributed by atoms with Gasteiger partial charge in [0.25, 0.3) is 5.91 Å². The standard InChI is InChI=1S/C20H23NO5S/c1-5-27(24,25)18-9-7-6-8-16(18)20(23)26-15(4)19(22)21-17-11-10-13(2)12-14(17)3/h6-12,15H,5H2,1-4H3,(H,21,22)/t15-/m1/s1. The van der Waals surface area contributed by atoms with E-state index in [2.05, 4.69) is 5.32 Å². The Morgan fingerprint density at radius 3 is 2.41 bits per heavy atom. The molecule has 2 rings (SSSR count). The second kappa shape index (κ2) is 8.35. The van der Waals surface area contributed by atoms with Crippen molar-refractivity contribution in [1.29, 1.82) is 0 Å². The third-order valence-corrected chi connectivity index (χ3v) is 5.90. The molecular formula is C20H23NO5S. The molecular weight excluding hydrogens is 366 g/mol. The predicted octanol–water partition coefficient (Wildman–Crippen LogP) is 3.28. The normalized spacial score (nSPS) is 12.3. The van der Waals surface area contributed by atoms with E-state index in [1.807, 2.05) is 26.0 Å². The fraction of sp³-hybridized carbons (Fsp3) is 0.300. The number of benzene rings is 2. The molecule has 27 heavy (non-hydrogen) atoms. The molecule has 0 aliphatic carbocycles. The molecule has 1 amide bonds. The molecule has 144 valence electrons. The predicted molar refractivity (Wildman–Crippen MR) is 104 cm³/mol. The molecule has 0 aliphatic heterocycles. The highest BCUT2D eigenvalue weighted by Gasteiger charge is 2.25. The van der Waals surface area contributed by atoms with Gasteiger partial charge in [-0.15, -0.1) is 0 Å². The van der Waals surface area contributed by atoms with E-state index in [9.17, 15) is 18.0 Å². The number of esters is 1. The maximum Gasteiger partial charge on any atom is 0.340 e. The lowest BCUT2D eigenvalue weighted by Crippen LogP contribution is -2.30. The minimum Gasteiger partial charge on any atom is -0.449 e. The molecule has 2 aromatic carbocycles. The number of rotatable bonds is 6. The van der Waals surface area contributed by atoms with Crippen LogP contribution in [0.25, 0.3) is 0 Å². The zero-order chi connectivity index (χ0) is 20.2. The number of aryl methyl sites for hydroxylation is 2. The van der Waals surface area contributed by atoms with Crippen LogP contribution in [0.2, 0.25) is 0 Å². The van der Waals surface area contributed by atoms with E-state index >= 15 is 0 Å². The first kappa shape index (κ1) is 20.6. The number of hydrogen-bond donors (Lipinski definition) is 1. The third kappa shape index (κ3) is 4.95. The molecule has 1 atom stereocenters. The lowest BCUT2D eigenvalue weighted by molar-refractivity contribution is -0.123. The number of ether oxygens (including phenoxy) is 1. The van der Waals surface area contributed by atoms with E-state index < -0.39 is 27.8 Å². The van der Waals surface area contributed by atoms with Crippen molar-refractivity contribution in [1.82, 2.24) is 0 Å². The Kier molecular flexibility index (Phi) is 6.38. The van der Waals surface area contributed by atoms with Gasteiger partial charge in [-0.05, 0) is 44.5 Å². The Hall–Kier alpha value is -2.67. The summed E-state index contributed by atoms with van der Waals surface area (Å²) in [6.45, 7) is 6.75. The Balaban J connectivity index is 2.15. The van der Waals surface area contributed by atoms with Crippen LogP contribution in [0, 0.1) is 13.8 Å². The van der Waals surface area contributed by atoms with Crippen LogP contribution in [0.5, 0.6) is 0 Å². The highest BCUT2D eigenvalue weighted by molar-refractivity contribution is 7.91. The van der Waals surface area contributed by atoms with Gasteiger partial charge in [-0.25, -0.2) is 13.2 Å². The molecule has 0 bridgehead atoms. The van der Waals surface area contributed by atoms with Crippen molar-refractivity contribution >= 4 is 27.4 Å². The first-order valence-corrected chi connectivity index (χ1v) is 10.2. The fourth-order valence-electron chi connectivity index (χ4n) is 2.53. The van der Waals surface area contributed by atoms with Crippen LogP contribution in [0.15, 0.2) is 47.4 Å². The summed E-state index contributed by atoms with van der Waals surface area (Å²) in [4.78, 5) is 24.7. The summed E-state index contributed by atoms with van der Waals surface area (Å²) in [5.74, 6) is -1.49. The third-order valence-electron chi connectivity index (χ3n) is 4.11. The van der Waals surface area contributed by atoms with Crippen LogP contribution in [0.4, 0.5) is 5.69 Å². The van der Waals surface area contributed by atoms with Crippen molar-refractivity contribution in [2.24, 2.45) is 0 Å². The Bertz CT molecular complexity index is 966. The molecule has 0 fully saturated rings. The molecule has 0 saturated carbocycles. The molecule has 0 unspecified atom stereocenters. The molecule has 0 spiro atoms. The molecule has 1 N–H and O–H groups in total. The lowest BCUT2D eigenvalue weighted by atomic mass is 10.1. The molecule has 0 heterocycles. The van der Waals surface area contributed by atoms with Gasteiger partial charge in [0.2, 0.25) is 0 Å². The van der Waals surface area contributed by atoms with Gasteiger partial charge in [0, 0.05) is 5.69 Å². The Labute approximate surface area is 159 Å². The Morgan fingerprint density at radius 2 is 1.78 bits per heavy atom. The summed E-state index contributed by atoms with van der Waals surface area (Å²) in [5, 5.41) is 2.72. The minimum absolute atomic E-state index is 0.0782. The van der Waals surface area contributed by atoms with Crippen molar-refractivity contribution in [2.75, 3.05) is 11.1 Å². The van der Waals surface area contributed by atoms with Gasteiger partial charge in [0.05, 0.1) is 16.2 Å². The molecule has 0 saturated heterocycles. The van der Waals surface area contributed by atoms with Gasteiger partial charge in [-0.2, -0.15) is 0 Å². The number of sulfone groups is 1. The molecule has 0 radical (unpaired) electrons. The summed E-state index contributed by atoms with van der Waals surface area (Å²) in [7, 11) is -3.59. The molecule has 2 aromatic rings. The topological polar surface area (TPSA) is 89.5 Å². The highest BCUT2D eigenvalue weighted by Crippen LogP contribution is 2.20. The summed E-state index contributed by atoms with van der Waals surface area (Å²) in [5.41, 5.74) is 2.51. The van der Waals surface area contributed by atoms with E-state index in [1.165, 1.54) is 32.0 Å². The SMILES string of the molecule is CCS(=O)(=O)c1ccccc1C(=O)O[C@H](C)C(=O)Nc1ccc(C)cc1C. The first-order valence-electron chi connectivity index (χ1n) is 8.56. The average Bonchev–Trinajstić information content (AvgIpc) is 2.63. The van der Waals surface area contributed by atoms with Crippen LogP contribution in [-0.4, -0.2) is 32.2 Å². The second-order valence-corrected chi connectivity index (χ2v) is 8.50. The van der Waals surface area contributed by atoms with Crippen LogP contribution < -0.4 is 5.32 Å². The zero-order valence-electron chi connectivity index (χ0n) is 15.8. The monoisotopic (exact) mass is 389 g/mol. The van der Waals surface area contributed by atoms with Gasteiger partial charge in [-0.3, -0.25) is 4.79 Å². The van der Waals surface area contributed by atoms with Crippen LogP contribution in [0.3, 0.4) is 0 Å². The van der Waals surface area contributed by atoms with Crippen molar-refractivity contribution in [3.05, 3.63) is 59.2 Å². The van der Waals surface area contributed by atoms with Gasteiger partial charge < -0.3 is 10.1 Å². The fourth-order valence-corrected chi connectivity index (χ4v) is 3.61. The summed E-state index contributed by atoms with van der Waals surface area (Å²) < 4.78 is 29.5. The number of carbonyl (C=O) groups excluding carboxylic acids is 2. The summed E-state index contributed by atoms with van der Waals surface area (Å²) >= 11 is 0. The van der Waals surface area contributed by atoms with Gasteiger partial charge in [0.1, 0.15) is 0 Å². The smallest absolute Gasteiger partial charge is 0.340 e. The Morgan fingerprint density at radius 1 is 1.11 bits per heavy atom. The number of nitrogens with one attached hydrogen (secondary N) is 1. The van der Waals surface area contributed by atoms with Crippen molar-refractivity contribution < 1.29 is 22.7 Å². The van der Waals surface area contributed by atoms with E-state index in [-0.39, 0.29) is 16.2 Å². The number of hydrogen-bond acceptors (Lipinski definition) is 5. The summed E-state index contributed by atoms with van der Waals surface area (Å²) in [6.07, 6.45) is -1.09. The van der Waals surface area contributed by atoms with Gasteiger partial charge in [0.15, 0.2) is 15.9 Å². The quantitative estimate of drug-likeness (QED) is 0.766. The first-order chi connectivity index (χ1) is 12.7. The maximum absolute atomic E-state index is 12.4. The van der Waals surface area contributed by atoms with Crippen LogP contribution in [0.1, 0.15) is 35.3 Å².